The van der Waals surface area contributed by atoms with E-state index in [1.807, 2.05) is 60.7 Å². The first-order valence-corrected chi connectivity index (χ1v) is 9.82. The number of para-hydroxylation sites is 1. The van der Waals surface area contributed by atoms with Gasteiger partial charge in [0.05, 0.1) is 0 Å². The molecular weight excluding hydrogens is 368 g/mol. The van der Waals surface area contributed by atoms with Gasteiger partial charge >= 0.3 is 0 Å². The molecule has 0 aliphatic rings. The van der Waals surface area contributed by atoms with E-state index in [1.165, 1.54) is 11.1 Å². The third-order valence-corrected chi connectivity index (χ3v) is 5.10. The standard InChI is InChI=1S/C26H20N4/c27-23-17-15-22(16-18-23)26-29-28-25(30(26)24-9-5-2-6-10-24)21-13-11-20(12-14-21)19-7-3-1-4-8-19/h1-18H,27H2. The van der Waals surface area contributed by atoms with E-state index in [4.69, 9.17) is 5.73 Å². The third kappa shape index (κ3) is 3.35. The predicted octanol–water partition coefficient (Wildman–Crippen LogP) is 5.85. The van der Waals surface area contributed by atoms with Crippen LogP contribution in [0.4, 0.5) is 5.69 Å². The predicted molar refractivity (Wildman–Crippen MR) is 122 cm³/mol. The summed E-state index contributed by atoms with van der Waals surface area (Å²) in [5.74, 6) is 1.58. The Balaban J connectivity index is 1.63. The summed E-state index contributed by atoms with van der Waals surface area (Å²) in [6.45, 7) is 0. The Labute approximate surface area is 175 Å². The van der Waals surface area contributed by atoms with Crippen LogP contribution in [0.1, 0.15) is 0 Å². The first kappa shape index (κ1) is 17.9. The van der Waals surface area contributed by atoms with E-state index < -0.39 is 0 Å². The molecule has 5 aromatic rings. The van der Waals surface area contributed by atoms with Crippen molar-refractivity contribution in [1.82, 2.24) is 14.8 Å². The molecule has 144 valence electrons. The molecule has 4 aromatic carbocycles. The summed E-state index contributed by atoms with van der Waals surface area (Å²) in [7, 11) is 0. The van der Waals surface area contributed by atoms with E-state index in [2.05, 4.69) is 63.3 Å². The minimum atomic E-state index is 0.723. The van der Waals surface area contributed by atoms with Gasteiger partial charge in [0.1, 0.15) is 0 Å². The van der Waals surface area contributed by atoms with Gasteiger partial charge in [-0.15, -0.1) is 10.2 Å². The zero-order valence-corrected chi connectivity index (χ0v) is 16.3. The maximum Gasteiger partial charge on any atom is 0.168 e. The van der Waals surface area contributed by atoms with E-state index in [1.54, 1.807) is 0 Å². The van der Waals surface area contributed by atoms with Crippen molar-refractivity contribution in [2.45, 2.75) is 0 Å². The highest BCUT2D eigenvalue weighted by Gasteiger charge is 2.17. The quantitative estimate of drug-likeness (QED) is 0.393. The zero-order valence-electron chi connectivity index (χ0n) is 16.3. The first-order valence-electron chi connectivity index (χ1n) is 9.82. The van der Waals surface area contributed by atoms with Crippen LogP contribution in [0.2, 0.25) is 0 Å². The van der Waals surface area contributed by atoms with Crippen molar-refractivity contribution in [3.8, 4) is 39.6 Å². The molecule has 0 aliphatic heterocycles. The zero-order chi connectivity index (χ0) is 20.3. The summed E-state index contributed by atoms with van der Waals surface area (Å²) < 4.78 is 2.09. The van der Waals surface area contributed by atoms with Gasteiger partial charge in [-0.3, -0.25) is 4.57 Å². The molecule has 30 heavy (non-hydrogen) atoms. The number of aromatic nitrogens is 3. The lowest BCUT2D eigenvalue weighted by molar-refractivity contribution is 1.07. The van der Waals surface area contributed by atoms with Crippen molar-refractivity contribution in [1.29, 1.82) is 0 Å². The first-order chi connectivity index (χ1) is 14.8. The molecule has 0 saturated carbocycles. The molecule has 0 spiro atoms. The molecule has 2 N–H and O–H groups in total. The summed E-state index contributed by atoms with van der Waals surface area (Å²) in [6.07, 6.45) is 0. The van der Waals surface area contributed by atoms with E-state index in [0.29, 0.717) is 0 Å². The van der Waals surface area contributed by atoms with E-state index in [9.17, 15) is 0 Å². The van der Waals surface area contributed by atoms with Gasteiger partial charge in [-0.25, -0.2) is 0 Å². The lowest BCUT2D eigenvalue weighted by Crippen LogP contribution is -2.00. The van der Waals surface area contributed by atoms with Crippen molar-refractivity contribution >= 4 is 5.69 Å². The molecule has 0 unspecified atom stereocenters. The van der Waals surface area contributed by atoms with Gasteiger partial charge in [0.25, 0.3) is 0 Å². The van der Waals surface area contributed by atoms with Crippen LogP contribution in [0.15, 0.2) is 109 Å². The summed E-state index contributed by atoms with van der Waals surface area (Å²) in [5.41, 5.74) is 11.9. The Hall–Kier alpha value is -4.18. The van der Waals surface area contributed by atoms with Gasteiger partial charge in [-0.2, -0.15) is 0 Å². The van der Waals surface area contributed by atoms with Crippen LogP contribution in [0.25, 0.3) is 39.6 Å². The maximum atomic E-state index is 5.87. The van der Waals surface area contributed by atoms with Crippen LogP contribution in [0.5, 0.6) is 0 Å². The fraction of sp³-hybridized carbons (Fsp3) is 0. The number of nitrogens with zero attached hydrogens (tertiary/aromatic N) is 3. The maximum absolute atomic E-state index is 5.87. The smallest absolute Gasteiger partial charge is 0.168 e. The van der Waals surface area contributed by atoms with Gasteiger partial charge in [-0.05, 0) is 47.5 Å². The Morgan fingerprint density at radius 2 is 0.900 bits per heavy atom. The average molecular weight is 388 g/mol. The Morgan fingerprint density at radius 3 is 1.47 bits per heavy atom. The number of hydrogen-bond donors (Lipinski definition) is 1. The van der Waals surface area contributed by atoms with Crippen molar-refractivity contribution in [3.63, 3.8) is 0 Å². The van der Waals surface area contributed by atoms with Crippen LogP contribution in [0.3, 0.4) is 0 Å². The molecule has 0 fully saturated rings. The van der Waals surface area contributed by atoms with Crippen LogP contribution in [-0.4, -0.2) is 14.8 Å². The molecule has 5 rings (SSSR count). The Bertz CT molecular complexity index is 1260. The van der Waals surface area contributed by atoms with Gasteiger partial charge in [0.15, 0.2) is 11.6 Å². The van der Waals surface area contributed by atoms with E-state index in [-0.39, 0.29) is 0 Å². The van der Waals surface area contributed by atoms with Crippen LogP contribution in [-0.2, 0) is 0 Å². The van der Waals surface area contributed by atoms with Gasteiger partial charge < -0.3 is 5.73 Å². The van der Waals surface area contributed by atoms with Crippen molar-refractivity contribution in [3.05, 3.63) is 109 Å². The molecule has 0 saturated heterocycles. The van der Waals surface area contributed by atoms with Crippen molar-refractivity contribution in [2.24, 2.45) is 0 Å². The second kappa shape index (κ2) is 7.68. The monoisotopic (exact) mass is 388 g/mol. The summed E-state index contributed by atoms with van der Waals surface area (Å²) >= 11 is 0. The Morgan fingerprint density at radius 1 is 0.467 bits per heavy atom. The summed E-state index contributed by atoms with van der Waals surface area (Å²) in [6, 6.07) is 36.7. The highest BCUT2D eigenvalue weighted by atomic mass is 15.3. The number of hydrogen-bond acceptors (Lipinski definition) is 3. The normalized spacial score (nSPS) is 10.8. The van der Waals surface area contributed by atoms with E-state index in [0.717, 1.165) is 34.2 Å². The summed E-state index contributed by atoms with van der Waals surface area (Å²) in [4.78, 5) is 0. The van der Waals surface area contributed by atoms with Gasteiger partial charge in [0, 0.05) is 22.5 Å². The molecule has 4 heteroatoms. The molecule has 0 atom stereocenters. The minimum Gasteiger partial charge on any atom is -0.399 e. The second-order valence-corrected chi connectivity index (χ2v) is 7.08. The highest BCUT2D eigenvalue weighted by molar-refractivity contribution is 5.71. The summed E-state index contributed by atoms with van der Waals surface area (Å²) in [5, 5.41) is 9.07. The fourth-order valence-electron chi connectivity index (χ4n) is 3.55. The van der Waals surface area contributed by atoms with Gasteiger partial charge in [0.2, 0.25) is 0 Å². The Kier molecular flexibility index (Phi) is 4.58. The molecule has 0 bridgehead atoms. The molecule has 4 nitrogen and oxygen atoms in total. The number of nitrogen functional groups attached to an aromatic ring is 1. The highest BCUT2D eigenvalue weighted by Crippen LogP contribution is 2.30. The molecular formula is C26H20N4. The van der Waals surface area contributed by atoms with Crippen molar-refractivity contribution in [2.75, 3.05) is 5.73 Å². The molecule has 0 aliphatic carbocycles. The molecule has 0 amide bonds. The molecule has 1 aromatic heterocycles. The lowest BCUT2D eigenvalue weighted by atomic mass is 10.0. The number of nitrogens with two attached hydrogens (primary N) is 1. The largest absolute Gasteiger partial charge is 0.399 e. The van der Waals surface area contributed by atoms with Crippen LogP contribution >= 0.6 is 0 Å². The minimum absolute atomic E-state index is 0.723. The van der Waals surface area contributed by atoms with Crippen LogP contribution < -0.4 is 5.73 Å². The second-order valence-electron chi connectivity index (χ2n) is 7.08. The van der Waals surface area contributed by atoms with Crippen LogP contribution in [0, 0.1) is 0 Å². The number of anilines is 1. The SMILES string of the molecule is Nc1ccc(-c2nnc(-c3ccc(-c4ccccc4)cc3)n2-c2ccccc2)cc1. The fourth-order valence-corrected chi connectivity index (χ4v) is 3.55. The molecule has 1 heterocycles. The molecule has 0 radical (unpaired) electrons. The number of rotatable bonds is 4. The average Bonchev–Trinajstić information content (AvgIpc) is 3.26. The van der Waals surface area contributed by atoms with Crippen molar-refractivity contribution < 1.29 is 0 Å². The van der Waals surface area contributed by atoms with Gasteiger partial charge in [-0.1, -0.05) is 72.8 Å². The van der Waals surface area contributed by atoms with E-state index >= 15 is 0 Å². The third-order valence-electron chi connectivity index (χ3n) is 5.10. The topological polar surface area (TPSA) is 56.7 Å². The lowest BCUT2D eigenvalue weighted by Gasteiger charge is -2.11. The number of benzene rings is 4.